The first-order chi connectivity index (χ1) is 12.6. The van der Waals surface area contributed by atoms with E-state index in [0.717, 1.165) is 42.6 Å². The lowest BCUT2D eigenvalue weighted by Gasteiger charge is -2.21. The number of rotatable bonds is 6. The van der Waals surface area contributed by atoms with Crippen LogP contribution in [-0.4, -0.2) is 51.7 Å². The first kappa shape index (κ1) is 17.0. The van der Waals surface area contributed by atoms with Gasteiger partial charge in [-0.25, -0.2) is 9.97 Å². The van der Waals surface area contributed by atoms with E-state index >= 15 is 0 Å². The first-order valence-corrected chi connectivity index (χ1v) is 9.03. The lowest BCUT2D eigenvalue weighted by molar-refractivity contribution is -0.140. The van der Waals surface area contributed by atoms with Crippen molar-refractivity contribution in [1.82, 2.24) is 20.0 Å². The van der Waals surface area contributed by atoms with Crippen molar-refractivity contribution >= 4 is 11.9 Å². The Bertz CT molecular complexity index is 796. The summed E-state index contributed by atoms with van der Waals surface area (Å²) in [7, 11) is 1.77. The monoisotopic (exact) mass is 357 g/mol. The van der Waals surface area contributed by atoms with Gasteiger partial charge in [0.2, 0.25) is 5.95 Å². The Balaban J connectivity index is 1.59. The molecule has 0 aromatic carbocycles. The summed E-state index contributed by atoms with van der Waals surface area (Å²) in [5, 5.41) is 7.25. The lowest BCUT2D eigenvalue weighted by Crippen LogP contribution is -2.36. The molecule has 1 amide bonds. The van der Waals surface area contributed by atoms with Crippen molar-refractivity contribution < 1.29 is 14.1 Å². The van der Waals surface area contributed by atoms with Crippen molar-refractivity contribution in [2.75, 3.05) is 19.0 Å². The average molecular weight is 357 g/mol. The molecule has 2 aromatic rings. The van der Waals surface area contributed by atoms with Crippen LogP contribution in [0.5, 0.6) is 0 Å². The normalized spacial score (nSPS) is 19.5. The number of amides is 1. The molecule has 4 rings (SSSR count). The largest absolute Gasteiger partial charge is 0.368 e. The minimum atomic E-state index is -0.345. The van der Waals surface area contributed by atoms with E-state index in [9.17, 15) is 4.79 Å². The zero-order valence-electron chi connectivity index (χ0n) is 15.1. The lowest BCUT2D eigenvalue weighted by atomic mass is 10.1. The van der Waals surface area contributed by atoms with E-state index in [1.807, 2.05) is 13.0 Å². The van der Waals surface area contributed by atoms with E-state index in [1.54, 1.807) is 18.1 Å². The number of anilines is 1. The maximum absolute atomic E-state index is 12.6. The quantitative estimate of drug-likeness (QED) is 0.846. The van der Waals surface area contributed by atoms with E-state index in [0.29, 0.717) is 30.9 Å². The minimum absolute atomic E-state index is 0.0162. The van der Waals surface area contributed by atoms with Crippen molar-refractivity contribution in [3.8, 4) is 11.3 Å². The highest BCUT2D eigenvalue weighted by Crippen LogP contribution is 2.27. The summed E-state index contributed by atoms with van der Waals surface area (Å²) in [5.41, 5.74) is 2.27. The topological polar surface area (TPSA) is 93.4 Å². The molecule has 1 saturated carbocycles. The maximum Gasteiger partial charge on any atom is 0.251 e. The summed E-state index contributed by atoms with van der Waals surface area (Å²) >= 11 is 0. The molecule has 0 unspecified atom stereocenters. The molecule has 1 saturated heterocycles. The van der Waals surface area contributed by atoms with Crippen molar-refractivity contribution in [1.29, 1.82) is 0 Å². The van der Waals surface area contributed by atoms with Gasteiger partial charge in [0.1, 0.15) is 6.10 Å². The highest BCUT2D eigenvalue weighted by molar-refractivity contribution is 5.81. The zero-order chi connectivity index (χ0) is 18.1. The van der Waals surface area contributed by atoms with Crippen LogP contribution in [0.25, 0.3) is 11.3 Å². The van der Waals surface area contributed by atoms with Crippen LogP contribution in [0.15, 0.2) is 16.8 Å². The predicted molar refractivity (Wildman–Crippen MR) is 94.4 cm³/mol. The van der Waals surface area contributed by atoms with Gasteiger partial charge in [-0.1, -0.05) is 5.16 Å². The molecule has 1 aliphatic carbocycles. The van der Waals surface area contributed by atoms with Crippen LogP contribution in [0.2, 0.25) is 0 Å². The standard InChI is InChI=1S/C18H23N5O3/c1-11-8-16(26-22-11)13-9-19-18(20-12-5-6-12)21-14(13)10-23(2)17(24)15-4-3-7-25-15/h8-9,12,15H,3-7,10H2,1-2H3,(H,19,20,21)/t15-/m1/s1. The van der Waals surface area contributed by atoms with Crippen molar-refractivity contribution in [2.45, 2.75) is 51.3 Å². The molecule has 0 bridgehead atoms. The molecular weight excluding hydrogens is 334 g/mol. The van der Waals surface area contributed by atoms with Gasteiger partial charge >= 0.3 is 0 Å². The molecule has 2 aliphatic rings. The summed E-state index contributed by atoms with van der Waals surface area (Å²) in [5.74, 6) is 1.17. The fraction of sp³-hybridized carbons (Fsp3) is 0.556. The van der Waals surface area contributed by atoms with Gasteiger partial charge in [-0.15, -0.1) is 0 Å². The molecule has 3 heterocycles. The van der Waals surface area contributed by atoms with Crippen LogP contribution < -0.4 is 5.32 Å². The Hall–Kier alpha value is -2.48. The molecule has 1 aliphatic heterocycles. The molecule has 1 N–H and O–H groups in total. The number of nitrogens with one attached hydrogen (secondary N) is 1. The molecular formula is C18H23N5O3. The number of hydrogen-bond donors (Lipinski definition) is 1. The number of ether oxygens (including phenoxy) is 1. The Morgan fingerprint density at radius 1 is 1.38 bits per heavy atom. The molecule has 0 radical (unpaired) electrons. The second-order valence-corrected chi connectivity index (χ2v) is 7.00. The van der Waals surface area contributed by atoms with Gasteiger partial charge in [0.15, 0.2) is 5.76 Å². The second kappa shape index (κ2) is 7.03. The third-order valence-corrected chi connectivity index (χ3v) is 4.64. The molecule has 0 spiro atoms. The fourth-order valence-electron chi connectivity index (χ4n) is 3.03. The van der Waals surface area contributed by atoms with Crippen LogP contribution in [0, 0.1) is 6.92 Å². The van der Waals surface area contributed by atoms with Crippen molar-refractivity contribution in [3.63, 3.8) is 0 Å². The molecule has 2 fully saturated rings. The Labute approximate surface area is 151 Å². The Kier molecular flexibility index (Phi) is 4.58. The van der Waals surface area contributed by atoms with Crippen LogP contribution in [0.4, 0.5) is 5.95 Å². The summed E-state index contributed by atoms with van der Waals surface area (Å²) in [6, 6.07) is 2.30. The van der Waals surface area contributed by atoms with Gasteiger partial charge in [0.05, 0.1) is 23.5 Å². The smallest absolute Gasteiger partial charge is 0.251 e. The molecule has 1 atom stereocenters. The summed E-state index contributed by atoms with van der Waals surface area (Å²) in [6.45, 7) is 2.87. The number of likely N-dealkylation sites (N-methyl/N-ethyl adjacent to an activating group) is 1. The van der Waals surface area contributed by atoms with Crippen LogP contribution in [0.3, 0.4) is 0 Å². The van der Waals surface area contributed by atoms with Gasteiger partial charge in [-0.3, -0.25) is 4.79 Å². The van der Waals surface area contributed by atoms with Gasteiger partial charge in [-0.05, 0) is 32.6 Å². The Morgan fingerprint density at radius 3 is 2.88 bits per heavy atom. The van der Waals surface area contributed by atoms with Gasteiger partial charge in [0, 0.05) is 32.0 Å². The van der Waals surface area contributed by atoms with E-state index < -0.39 is 0 Å². The third-order valence-electron chi connectivity index (χ3n) is 4.64. The summed E-state index contributed by atoms with van der Waals surface area (Å²) in [4.78, 5) is 23.3. The van der Waals surface area contributed by atoms with E-state index in [4.69, 9.17) is 9.26 Å². The van der Waals surface area contributed by atoms with Crippen LogP contribution >= 0.6 is 0 Å². The molecule has 8 heteroatoms. The van der Waals surface area contributed by atoms with Crippen molar-refractivity contribution in [3.05, 3.63) is 23.7 Å². The summed E-state index contributed by atoms with van der Waals surface area (Å²) < 4.78 is 10.9. The van der Waals surface area contributed by atoms with Crippen LogP contribution in [0.1, 0.15) is 37.1 Å². The van der Waals surface area contributed by atoms with Crippen LogP contribution in [-0.2, 0) is 16.1 Å². The van der Waals surface area contributed by atoms with E-state index in [-0.39, 0.29) is 12.0 Å². The molecule has 8 nitrogen and oxygen atoms in total. The highest BCUT2D eigenvalue weighted by Gasteiger charge is 2.28. The molecule has 26 heavy (non-hydrogen) atoms. The zero-order valence-corrected chi connectivity index (χ0v) is 15.1. The average Bonchev–Trinajstić information content (AvgIpc) is 3.10. The predicted octanol–water partition coefficient (Wildman–Crippen LogP) is 2.15. The van der Waals surface area contributed by atoms with Gasteiger partial charge in [-0.2, -0.15) is 0 Å². The number of carbonyl (C=O) groups is 1. The number of hydrogen-bond acceptors (Lipinski definition) is 7. The molecule has 2 aromatic heterocycles. The SMILES string of the molecule is Cc1cc(-c2cnc(NC3CC3)nc2CN(C)C(=O)[C@H]2CCCO2)on1. The second-order valence-electron chi connectivity index (χ2n) is 7.00. The fourth-order valence-corrected chi connectivity index (χ4v) is 3.03. The van der Waals surface area contributed by atoms with Crippen molar-refractivity contribution in [2.24, 2.45) is 0 Å². The van der Waals surface area contributed by atoms with Gasteiger partial charge in [0.25, 0.3) is 5.91 Å². The molecule has 138 valence electrons. The Morgan fingerprint density at radius 2 is 2.23 bits per heavy atom. The number of nitrogens with zero attached hydrogens (tertiary/aromatic N) is 4. The highest BCUT2D eigenvalue weighted by atomic mass is 16.5. The number of carbonyl (C=O) groups excluding carboxylic acids is 1. The third kappa shape index (κ3) is 3.70. The maximum atomic E-state index is 12.6. The minimum Gasteiger partial charge on any atom is -0.368 e. The first-order valence-electron chi connectivity index (χ1n) is 9.03. The van der Waals surface area contributed by atoms with E-state index in [1.165, 1.54) is 0 Å². The van der Waals surface area contributed by atoms with E-state index in [2.05, 4.69) is 20.4 Å². The summed E-state index contributed by atoms with van der Waals surface area (Å²) in [6.07, 6.45) is 5.36. The number of aromatic nitrogens is 3. The van der Waals surface area contributed by atoms with Gasteiger partial charge < -0.3 is 19.5 Å². The number of aryl methyl sites for hydroxylation is 1.